The Balaban J connectivity index is 3.20. The van der Waals surface area contributed by atoms with Crippen molar-refractivity contribution >= 4 is 5.82 Å². The van der Waals surface area contributed by atoms with Crippen LogP contribution in [-0.2, 0) is 6.18 Å². The summed E-state index contributed by atoms with van der Waals surface area (Å²) in [6.07, 6.45) is -3.32. The van der Waals surface area contributed by atoms with Crippen molar-refractivity contribution in [2.24, 2.45) is 11.7 Å². The van der Waals surface area contributed by atoms with Crippen molar-refractivity contribution in [3.63, 3.8) is 0 Å². The van der Waals surface area contributed by atoms with E-state index in [0.29, 0.717) is 5.12 Å². The number of aromatic nitrogens is 1. The third kappa shape index (κ3) is 2.07. The van der Waals surface area contributed by atoms with Crippen molar-refractivity contribution < 1.29 is 13.2 Å². The van der Waals surface area contributed by atoms with E-state index >= 15 is 0 Å². The quantitative estimate of drug-likeness (QED) is 0.506. The molecule has 0 radical (unpaired) electrons. The van der Waals surface area contributed by atoms with E-state index in [1.54, 1.807) is 0 Å². The first-order valence-corrected chi connectivity index (χ1v) is 3.24. The zero-order valence-electron chi connectivity index (χ0n) is 6.42. The predicted molar refractivity (Wildman–Crippen MR) is 40.1 cm³/mol. The lowest BCUT2D eigenvalue weighted by Gasteiger charge is -2.15. The van der Waals surface area contributed by atoms with Crippen LogP contribution < -0.4 is 16.8 Å². The molecular formula is C6H7F3N4. The van der Waals surface area contributed by atoms with Crippen LogP contribution in [0.2, 0.25) is 0 Å². The average molecular weight is 192 g/mol. The fourth-order valence-electron chi connectivity index (χ4n) is 0.824. The normalized spacial score (nSPS) is 11.5. The van der Waals surface area contributed by atoms with E-state index in [1.165, 1.54) is 6.20 Å². The summed E-state index contributed by atoms with van der Waals surface area (Å²) in [4.78, 5) is 3.40. The molecule has 4 nitrogen and oxygen atoms in total. The standard InChI is InChI=1S/C6H7F3N4/c7-6(8,9)4-2-1-3-12-5(4)13(10)11/h1-3H,10-11H2. The van der Waals surface area contributed by atoms with E-state index in [4.69, 9.17) is 11.7 Å². The molecule has 0 spiro atoms. The largest absolute Gasteiger partial charge is 0.420 e. The van der Waals surface area contributed by atoms with Gasteiger partial charge in [0.05, 0.1) is 0 Å². The van der Waals surface area contributed by atoms with Crippen molar-refractivity contribution in [3.8, 4) is 0 Å². The second-order valence-electron chi connectivity index (χ2n) is 2.28. The number of alkyl halides is 3. The molecule has 0 saturated heterocycles. The Kier molecular flexibility index (Phi) is 2.39. The molecule has 0 bridgehead atoms. The van der Waals surface area contributed by atoms with Crippen molar-refractivity contribution in [2.75, 3.05) is 5.12 Å². The Morgan fingerprint density at radius 3 is 2.31 bits per heavy atom. The summed E-state index contributed by atoms with van der Waals surface area (Å²) >= 11 is 0. The molecule has 7 heteroatoms. The van der Waals surface area contributed by atoms with Crippen LogP contribution >= 0.6 is 0 Å². The Labute approximate surface area is 71.9 Å². The molecule has 0 aliphatic rings. The molecule has 0 aliphatic heterocycles. The zero-order chi connectivity index (χ0) is 10.1. The van der Waals surface area contributed by atoms with Crippen molar-refractivity contribution in [2.45, 2.75) is 6.18 Å². The Bertz CT molecular complexity index is 296. The Morgan fingerprint density at radius 2 is 1.92 bits per heavy atom. The maximum absolute atomic E-state index is 12.2. The van der Waals surface area contributed by atoms with Gasteiger partial charge >= 0.3 is 6.18 Å². The lowest BCUT2D eigenvalue weighted by molar-refractivity contribution is -0.137. The van der Waals surface area contributed by atoms with Crippen LogP contribution in [0.4, 0.5) is 19.0 Å². The smallest absolute Gasteiger partial charge is 0.236 e. The first kappa shape index (κ1) is 9.75. The molecule has 0 amide bonds. The number of nitrogens with two attached hydrogens (primary N) is 2. The highest BCUT2D eigenvalue weighted by molar-refractivity contribution is 5.45. The van der Waals surface area contributed by atoms with Gasteiger partial charge in [-0.15, -0.1) is 0 Å². The van der Waals surface area contributed by atoms with Gasteiger partial charge in [0.1, 0.15) is 5.56 Å². The van der Waals surface area contributed by atoms with Crippen molar-refractivity contribution in [1.82, 2.24) is 4.98 Å². The van der Waals surface area contributed by atoms with Gasteiger partial charge < -0.3 is 0 Å². The number of pyridine rings is 1. The lowest BCUT2D eigenvalue weighted by atomic mass is 10.2. The third-order valence-electron chi connectivity index (χ3n) is 1.34. The van der Waals surface area contributed by atoms with Gasteiger partial charge in [-0.2, -0.15) is 13.2 Å². The van der Waals surface area contributed by atoms with Gasteiger partial charge in [0.2, 0.25) is 0 Å². The Morgan fingerprint density at radius 1 is 1.31 bits per heavy atom. The first-order valence-electron chi connectivity index (χ1n) is 3.24. The molecule has 0 atom stereocenters. The van der Waals surface area contributed by atoms with Crippen molar-refractivity contribution in [3.05, 3.63) is 23.9 Å². The number of rotatable bonds is 1. The number of hydrazine groups is 2. The molecule has 1 aromatic heterocycles. The molecular weight excluding hydrogens is 185 g/mol. The molecule has 4 N–H and O–H groups in total. The van der Waals surface area contributed by atoms with Gasteiger partial charge in [-0.25, -0.2) is 21.8 Å². The minimum Gasteiger partial charge on any atom is -0.236 e. The SMILES string of the molecule is NN(N)c1ncccc1C(F)(F)F. The van der Waals surface area contributed by atoms with E-state index in [1.807, 2.05) is 0 Å². The van der Waals surface area contributed by atoms with Crippen LogP contribution in [0.1, 0.15) is 5.56 Å². The van der Waals surface area contributed by atoms with Gasteiger partial charge in [0.15, 0.2) is 5.82 Å². The highest BCUT2D eigenvalue weighted by Crippen LogP contribution is 2.33. The molecule has 13 heavy (non-hydrogen) atoms. The van der Waals surface area contributed by atoms with E-state index in [9.17, 15) is 13.2 Å². The number of hydrogen-bond donors (Lipinski definition) is 2. The lowest BCUT2D eigenvalue weighted by Crippen LogP contribution is -2.40. The van der Waals surface area contributed by atoms with Crippen LogP contribution in [-0.4, -0.2) is 4.98 Å². The molecule has 1 aromatic rings. The molecule has 0 unspecified atom stereocenters. The zero-order valence-corrected chi connectivity index (χ0v) is 6.42. The van der Waals surface area contributed by atoms with Gasteiger partial charge in [0, 0.05) is 6.20 Å². The first-order chi connectivity index (χ1) is 5.93. The van der Waals surface area contributed by atoms with E-state index < -0.39 is 17.6 Å². The molecule has 1 heterocycles. The van der Waals surface area contributed by atoms with Gasteiger partial charge in [-0.05, 0) is 12.1 Å². The molecule has 0 saturated carbocycles. The summed E-state index contributed by atoms with van der Waals surface area (Å²) in [5, 5.41) is 0.336. The highest BCUT2D eigenvalue weighted by atomic mass is 19.4. The monoisotopic (exact) mass is 192 g/mol. The summed E-state index contributed by atoms with van der Waals surface area (Å²) < 4.78 is 36.7. The summed E-state index contributed by atoms with van der Waals surface area (Å²) in [7, 11) is 0. The van der Waals surface area contributed by atoms with Gasteiger partial charge in [0.25, 0.3) is 0 Å². The molecule has 1 rings (SSSR count). The van der Waals surface area contributed by atoms with Crippen LogP contribution in [0, 0.1) is 0 Å². The predicted octanol–water partition coefficient (Wildman–Crippen LogP) is 0.654. The van der Waals surface area contributed by atoms with E-state index in [-0.39, 0.29) is 0 Å². The number of anilines is 1. The fraction of sp³-hybridized carbons (Fsp3) is 0.167. The maximum Gasteiger partial charge on any atom is 0.420 e. The summed E-state index contributed by atoms with van der Waals surface area (Å²) in [6, 6.07) is 2.02. The number of halogens is 3. The molecule has 0 fully saturated rings. The van der Waals surface area contributed by atoms with Crippen LogP contribution in [0.3, 0.4) is 0 Å². The van der Waals surface area contributed by atoms with E-state index in [0.717, 1.165) is 12.1 Å². The van der Waals surface area contributed by atoms with Crippen LogP contribution in [0.15, 0.2) is 18.3 Å². The molecule has 72 valence electrons. The topological polar surface area (TPSA) is 68.2 Å². The van der Waals surface area contributed by atoms with Crippen LogP contribution in [0.5, 0.6) is 0 Å². The highest BCUT2D eigenvalue weighted by Gasteiger charge is 2.34. The average Bonchev–Trinajstić information content (AvgIpc) is 2.03. The summed E-state index contributed by atoms with van der Waals surface area (Å²) in [5.41, 5.74) is -0.958. The van der Waals surface area contributed by atoms with Crippen LogP contribution in [0.25, 0.3) is 0 Å². The number of nitrogens with zero attached hydrogens (tertiary/aromatic N) is 2. The fourth-order valence-corrected chi connectivity index (χ4v) is 0.824. The number of hydrogen-bond acceptors (Lipinski definition) is 4. The molecule has 0 aliphatic carbocycles. The third-order valence-corrected chi connectivity index (χ3v) is 1.34. The van der Waals surface area contributed by atoms with Gasteiger partial charge in [-0.1, -0.05) is 0 Å². The minimum atomic E-state index is -4.50. The van der Waals surface area contributed by atoms with Gasteiger partial charge in [-0.3, -0.25) is 0 Å². The maximum atomic E-state index is 12.2. The second-order valence-corrected chi connectivity index (χ2v) is 2.28. The van der Waals surface area contributed by atoms with E-state index in [2.05, 4.69) is 4.98 Å². The minimum absolute atomic E-state index is 0.336. The van der Waals surface area contributed by atoms with Crippen molar-refractivity contribution in [1.29, 1.82) is 0 Å². The summed E-state index contributed by atoms with van der Waals surface area (Å²) in [5.74, 6) is 9.41. The Hall–Kier alpha value is -1.34. The summed E-state index contributed by atoms with van der Waals surface area (Å²) in [6.45, 7) is 0. The second kappa shape index (κ2) is 3.19. The molecule has 0 aromatic carbocycles.